The molecule has 0 fully saturated rings. The van der Waals surface area contributed by atoms with Gasteiger partial charge in [-0.3, -0.25) is 0 Å². The Labute approximate surface area is 286 Å². The quantitative estimate of drug-likeness (QED) is 0.168. The van der Waals surface area contributed by atoms with Gasteiger partial charge < -0.3 is 8.83 Å². The van der Waals surface area contributed by atoms with Gasteiger partial charge >= 0.3 is 0 Å². The molecular formula is C44H32N2O2Si. The molecular weight excluding hydrogens is 617 g/mol. The van der Waals surface area contributed by atoms with Gasteiger partial charge in [0.25, 0.3) is 0 Å². The van der Waals surface area contributed by atoms with Crippen LogP contribution in [0.5, 0.6) is 0 Å². The second kappa shape index (κ2) is 11.7. The summed E-state index contributed by atoms with van der Waals surface area (Å²) < 4.78 is 12.9. The molecule has 3 heterocycles. The average Bonchev–Trinajstić information content (AvgIpc) is 3.86. The predicted molar refractivity (Wildman–Crippen MR) is 202 cm³/mol. The van der Waals surface area contributed by atoms with E-state index in [1.54, 1.807) is 0 Å². The molecule has 5 heteroatoms. The van der Waals surface area contributed by atoms with Gasteiger partial charge in [0.05, 0.1) is 0 Å². The third kappa shape index (κ3) is 4.69. The molecule has 0 saturated heterocycles. The largest absolute Gasteiger partial charge is 0.436 e. The summed E-state index contributed by atoms with van der Waals surface area (Å²) in [6.45, 7) is 4.90. The molecule has 0 bridgehead atoms. The number of para-hydroxylation sites is 4. The molecule has 0 N–H and O–H groups in total. The molecule has 0 aliphatic carbocycles. The molecule has 2 aromatic heterocycles. The summed E-state index contributed by atoms with van der Waals surface area (Å²) in [6.07, 6.45) is 0. The van der Waals surface area contributed by atoms with Gasteiger partial charge in [0, 0.05) is 24.6 Å². The highest BCUT2D eigenvalue weighted by atomic mass is 28.2. The van der Waals surface area contributed by atoms with Crippen LogP contribution < -0.4 is 0 Å². The number of nitrogens with zero attached hydrogens (tertiary/aromatic N) is 2. The van der Waals surface area contributed by atoms with Crippen molar-refractivity contribution in [2.24, 2.45) is 0 Å². The molecule has 1 aliphatic heterocycles. The molecule has 0 radical (unpaired) electrons. The van der Waals surface area contributed by atoms with Crippen molar-refractivity contribution in [1.82, 2.24) is 9.97 Å². The van der Waals surface area contributed by atoms with Crippen molar-refractivity contribution in [2.45, 2.75) is 18.5 Å². The van der Waals surface area contributed by atoms with Gasteiger partial charge in [-0.15, -0.1) is 0 Å². The summed E-state index contributed by atoms with van der Waals surface area (Å²) in [7, 11) is -1.44. The monoisotopic (exact) mass is 648 g/mol. The van der Waals surface area contributed by atoms with Crippen LogP contribution in [0.4, 0.5) is 0 Å². The van der Waals surface area contributed by atoms with Crippen LogP contribution >= 0.6 is 0 Å². The molecule has 1 unspecified atom stereocenters. The maximum Gasteiger partial charge on any atom is 0.227 e. The lowest BCUT2D eigenvalue weighted by Crippen LogP contribution is -2.34. The van der Waals surface area contributed by atoms with Crippen LogP contribution in [0.15, 0.2) is 167 Å². The first-order chi connectivity index (χ1) is 24.1. The van der Waals surface area contributed by atoms with Crippen LogP contribution in [0.2, 0.25) is 6.55 Å². The molecule has 4 nitrogen and oxygen atoms in total. The number of aromatic nitrogens is 2. The van der Waals surface area contributed by atoms with Crippen molar-refractivity contribution in [3.63, 3.8) is 0 Å². The van der Waals surface area contributed by atoms with Gasteiger partial charge in [-0.2, -0.15) is 0 Å². The second-order valence-electron chi connectivity index (χ2n) is 12.7. The van der Waals surface area contributed by atoms with E-state index in [0.29, 0.717) is 11.8 Å². The molecule has 0 saturated carbocycles. The van der Waals surface area contributed by atoms with Gasteiger partial charge in [-0.1, -0.05) is 135 Å². The third-order valence-corrected chi connectivity index (χ3v) is 13.2. The molecule has 1 atom stereocenters. The molecule has 0 spiro atoms. The summed E-state index contributed by atoms with van der Waals surface area (Å²) in [6, 6.07) is 55.0. The number of benzene rings is 6. The molecule has 1 aliphatic rings. The Morgan fingerprint density at radius 3 is 1.57 bits per heavy atom. The predicted octanol–water partition coefficient (Wildman–Crippen LogP) is 10.7. The van der Waals surface area contributed by atoms with E-state index in [1.165, 1.54) is 33.0 Å². The number of hydrogen-bond donors (Lipinski definition) is 0. The van der Waals surface area contributed by atoms with Crippen LogP contribution in [0.1, 0.15) is 29.2 Å². The molecule has 49 heavy (non-hydrogen) atoms. The Morgan fingerprint density at radius 1 is 0.490 bits per heavy atom. The van der Waals surface area contributed by atoms with E-state index in [9.17, 15) is 0 Å². The summed E-state index contributed by atoms with van der Waals surface area (Å²) >= 11 is 0. The van der Waals surface area contributed by atoms with Crippen molar-refractivity contribution in [3.8, 4) is 22.9 Å². The zero-order chi connectivity index (χ0) is 33.0. The zero-order valence-corrected chi connectivity index (χ0v) is 28.2. The van der Waals surface area contributed by atoms with E-state index in [4.69, 9.17) is 18.8 Å². The summed E-state index contributed by atoms with van der Waals surface area (Å²) in [5.74, 6) is 1.27. The Morgan fingerprint density at radius 2 is 0.959 bits per heavy atom. The first kappa shape index (κ1) is 29.2. The van der Waals surface area contributed by atoms with Gasteiger partial charge in [0.2, 0.25) is 11.8 Å². The third-order valence-electron chi connectivity index (χ3n) is 9.96. The van der Waals surface area contributed by atoms with Crippen LogP contribution in [0, 0.1) is 0 Å². The van der Waals surface area contributed by atoms with Crippen molar-refractivity contribution < 1.29 is 8.83 Å². The number of rotatable bonds is 6. The Balaban J connectivity index is 1.38. The molecule has 6 aromatic carbocycles. The molecule has 8 aromatic rings. The summed E-state index contributed by atoms with van der Waals surface area (Å²) in [5.41, 5.74) is 12.6. The second-order valence-corrected chi connectivity index (χ2v) is 15.4. The van der Waals surface area contributed by atoms with E-state index in [0.717, 1.165) is 38.9 Å². The fraction of sp³-hybridized carbons (Fsp3) is 0.0682. The van der Waals surface area contributed by atoms with Crippen molar-refractivity contribution >= 4 is 46.9 Å². The van der Waals surface area contributed by atoms with E-state index in [2.05, 4.69) is 123 Å². The van der Waals surface area contributed by atoms with Gasteiger partial charge in [-0.05, 0) is 75.0 Å². The lowest BCUT2D eigenvalue weighted by molar-refractivity contribution is 0.617. The first-order valence-corrected chi connectivity index (χ1v) is 18.6. The Bertz CT molecular complexity index is 2510. The highest BCUT2D eigenvalue weighted by Crippen LogP contribution is 2.52. The lowest BCUT2D eigenvalue weighted by atomic mass is 9.79. The van der Waals surface area contributed by atoms with Crippen LogP contribution in [-0.2, 0) is 5.04 Å². The SMILES string of the molecule is C[Si]1=C(c2ccccc2-c2nc3ccccc3o2)C(c2ccccc2)=C(c2ccccc2)C1(C)c1ccccc1-c1nc2ccccc2o1. The summed E-state index contributed by atoms with van der Waals surface area (Å²) in [5, 5.41) is 0.959. The smallest absolute Gasteiger partial charge is 0.227 e. The lowest BCUT2D eigenvalue weighted by Gasteiger charge is -2.33. The van der Waals surface area contributed by atoms with E-state index >= 15 is 0 Å². The van der Waals surface area contributed by atoms with Gasteiger partial charge in [0.1, 0.15) is 11.0 Å². The van der Waals surface area contributed by atoms with E-state index in [1.807, 2.05) is 48.5 Å². The Hall–Kier alpha value is -5.91. The molecule has 234 valence electrons. The van der Waals surface area contributed by atoms with Crippen LogP contribution in [0.3, 0.4) is 0 Å². The van der Waals surface area contributed by atoms with Gasteiger partial charge in [-0.25, -0.2) is 9.97 Å². The minimum atomic E-state index is -1.44. The summed E-state index contributed by atoms with van der Waals surface area (Å²) in [4.78, 5) is 9.98. The number of fused-ring (bicyclic) bond motifs is 2. The number of allylic oxidation sites excluding steroid dienone is 2. The Kier molecular flexibility index (Phi) is 6.95. The van der Waals surface area contributed by atoms with Crippen molar-refractivity contribution in [2.75, 3.05) is 0 Å². The maximum absolute atomic E-state index is 6.46. The molecule has 9 rings (SSSR count). The van der Waals surface area contributed by atoms with E-state index in [-0.39, 0.29) is 0 Å². The van der Waals surface area contributed by atoms with E-state index < -0.39 is 13.4 Å². The fourth-order valence-corrected chi connectivity index (χ4v) is 10.6. The van der Waals surface area contributed by atoms with Gasteiger partial charge in [0.15, 0.2) is 11.2 Å². The highest BCUT2D eigenvalue weighted by molar-refractivity contribution is 6.88. The van der Waals surface area contributed by atoms with Crippen molar-refractivity contribution in [1.29, 1.82) is 0 Å². The van der Waals surface area contributed by atoms with Crippen LogP contribution in [-0.4, -0.2) is 23.5 Å². The maximum atomic E-state index is 6.46. The van der Waals surface area contributed by atoms with Crippen molar-refractivity contribution in [3.05, 3.63) is 180 Å². The fourth-order valence-electron chi connectivity index (χ4n) is 7.57. The first-order valence-electron chi connectivity index (χ1n) is 16.6. The van der Waals surface area contributed by atoms with Crippen LogP contribution in [0.25, 0.3) is 56.3 Å². The number of oxazole rings is 2. The topological polar surface area (TPSA) is 52.1 Å². The standard InChI is InChI=1S/C44H32N2O2Si/c1-44(34-24-12-11-23-33(34)43-46-36-26-14-16-28-38(36)48-43)40(30-19-7-4-8-20-30)39(29-17-5-3-6-18-29)41(49(44)2)31-21-9-10-22-32(31)42-45-35-25-13-15-27-37(35)47-42/h3-28H,1-2H3. The average molecular weight is 649 g/mol. The molecule has 0 amide bonds. The number of hydrogen-bond acceptors (Lipinski definition) is 4. The normalized spacial score (nSPS) is 16.3. The highest BCUT2D eigenvalue weighted by Gasteiger charge is 2.46. The zero-order valence-electron chi connectivity index (χ0n) is 27.2. The minimum absolute atomic E-state index is 0.391. The minimum Gasteiger partial charge on any atom is -0.436 e.